The maximum absolute atomic E-state index is 11.1. The van der Waals surface area contributed by atoms with Crippen LogP contribution in [0.2, 0.25) is 0 Å². The van der Waals surface area contributed by atoms with E-state index in [-0.39, 0.29) is 23.1 Å². The number of nitrogens with zero attached hydrogens (tertiary/aromatic N) is 2. The SMILES string of the molecule is CCC12CN3CC(CC)(CN(C1)C3c1ccc(OC)c(OC)c1)C2O. The average Bonchev–Trinajstić information content (AvgIpc) is 2.64. The smallest absolute Gasteiger partial charge is 0.161 e. The van der Waals surface area contributed by atoms with Gasteiger partial charge in [-0.15, -0.1) is 0 Å². The Kier molecular flexibility index (Phi) is 4.02. The fourth-order valence-electron chi connectivity index (χ4n) is 5.67. The molecule has 0 atom stereocenters. The van der Waals surface area contributed by atoms with Crippen LogP contribution < -0.4 is 9.47 Å². The normalized spacial score (nSPS) is 41.8. The minimum absolute atomic E-state index is 0.0135. The third-order valence-electron chi connectivity index (χ3n) is 7.04. The minimum atomic E-state index is -0.186. The zero-order chi connectivity index (χ0) is 17.8. The molecule has 4 heterocycles. The summed E-state index contributed by atoms with van der Waals surface area (Å²) in [6.07, 6.45) is 2.14. The number of benzene rings is 1. The highest BCUT2D eigenvalue weighted by Crippen LogP contribution is 2.57. The Labute approximate surface area is 150 Å². The molecule has 5 nitrogen and oxygen atoms in total. The molecule has 4 bridgehead atoms. The van der Waals surface area contributed by atoms with Crippen LogP contribution in [0.25, 0.3) is 0 Å². The Morgan fingerprint density at radius 2 is 1.48 bits per heavy atom. The van der Waals surface area contributed by atoms with Crippen LogP contribution in [-0.4, -0.2) is 61.4 Å². The molecule has 0 aliphatic carbocycles. The van der Waals surface area contributed by atoms with Gasteiger partial charge in [0.1, 0.15) is 0 Å². The second kappa shape index (κ2) is 5.86. The third-order valence-corrected chi connectivity index (χ3v) is 7.04. The average molecular weight is 346 g/mol. The molecule has 0 saturated carbocycles. The summed E-state index contributed by atoms with van der Waals surface area (Å²) in [6, 6.07) is 6.27. The van der Waals surface area contributed by atoms with Crippen LogP contribution in [0.5, 0.6) is 11.5 Å². The number of ether oxygens (including phenoxy) is 2. The standard InChI is InChI=1S/C20H30N2O3/c1-5-19-10-21-12-20(6-2,18(19)23)13-22(11-19)17(21)14-7-8-15(24-3)16(9-14)25-4/h7-9,17-18,23H,5-6,10-13H2,1-4H3. The molecular weight excluding hydrogens is 316 g/mol. The Hall–Kier alpha value is -1.30. The van der Waals surface area contributed by atoms with E-state index in [2.05, 4.69) is 35.8 Å². The van der Waals surface area contributed by atoms with Crippen molar-refractivity contribution in [3.8, 4) is 11.5 Å². The van der Waals surface area contributed by atoms with E-state index < -0.39 is 0 Å². The van der Waals surface area contributed by atoms with Gasteiger partial charge in [-0.25, -0.2) is 0 Å². The van der Waals surface area contributed by atoms with E-state index in [0.717, 1.165) is 50.5 Å². The van der Waals surface area contributed by atoms with Crippen molar-refractivity contribution in [2.45, 2.75) is 39.0 Å². The summed E-state index contributed by atoms with van der Waals surface area (Å²) in [7, 11) is 3.36. The van der Waals surface area contributed by atoms with Crippen molar-refractivity contribution in [3.63, 3.8) is 0 Å². The Morgan fingerprint density at radius 3 is 1.92 bits per heavy atom. The number of methoxy groups -OCH3 is 2. The van der Waals surface area contributed by atoms with Gasteiger partial charge in [-0.3, -0.25) is 9.80 Å². The van der Waals surface area contributed by atoms with E-state index >= 15 is 0 Å². The van der Waals surface area contributed by atoms with Gasteiger partial charge < -0.3 is 14.6 Å². The second-order valence-corrected chi connectivity index (χ2v) is 8.13. The molecule has 4 saturated heterocycles. The van der Waals surface area contributed by atoms with Gasteiger partial charge in [-0.05, 0) is 30.5 Å². The molecule has 5 rings (SSSR count). The number of aliphatic hydroxyl groups is 1. The summed E-state index contributed by atoms with van der Waals surface area (Å²) in [6.45, 7) is 8.36. The molecule has 5 heteroatoms. The number of rotatable bonds is 5. The van der Waals surface area contributed by atoms with E-state index in [1.165, 1.54) is 5.56 Å². The van der Waals surface area contributed by atoms with E-state index in [1.807, 2.05) is 6.07 Å². The highest BCUT2D eigenvalue weighted by molar-refractivity contribution is 5.44. The zero-order valence-corrected chi connectivity index (χ0v) is 15.8. The Balaban J connectivity index is 1.72. The molecule has 4 aliphatic rings. The predicted octanol–water partition coefficient (Wildman–Crippen LogP) is 2.50. The summed E-state index contributed by atoms with van der Waals surface area (Å²) in [5, 5.41) is 11.1. The summed E-state index contributed by atoms with van der Waals surface area (Å²) < 4.78 is 10.9. The quantitative estimate of drug-likeness (QED) is 0.887. The number of hydrogen-bond acceptors (Lipinski definition) is 5. The fraction of sp³-hybridized carbons (Fsp3) is 0.700. The summed E-state index contributed by atoms with van der Waals surface area (Å²) in [4.78, 5) is 5.15. The van der Waals surface area contributed by atoms with Crippen molar-refractivity contribution in [2.75, 3.05) is 40.4 Å². The lowest BCUT2D eigenvalue weighted by Gasteiger charge is -2.69. The summed E-state index contributed by atoms with van der Waals surface area (Å²) in [5.74, 6) is 1.55. The first-order chi connectivity index (χ1) is 12.0. The van der Waals surface area contributed by atoms with Crippen molar-refractivity contribution in [1.82, 2.24) is 9.80 Å². The highest BCUT2D eigenvalue weighted by atomic mass is 16.5. The second-order valence-electron chi connectivity index (χ2n) is 8.13. The van der Waals surface area contributed by atoms with Crippen molar-refractivity contribution in [3.05, 3.63) is 23.8 Å². The van der Waals surface area contributed by atoms with Gasteiger partial charge in [-0.1, -0.05) is 19.9 Å². The lowest BCUT2D eigenvalue weighted by Crippen LogP contribution is -2.78. The van der Waals surface area contributed by atoms with Gasteiger partial charge in [0.2, 0.25) is 0 Å². The molecule has 138 valence electrons. The molecule has 4 aliphatic heterocycles. The zero-order valence-electron chi connectivity index (χ0n) is 15.8. The summed E-state index contributed by atoms with van der Waals surface area (Å²) >= 11 is 0. The highest BCUT2D eigenvalue weighted by Gasteiger charge is 2.64. The van der Waals surface area contributed by atoms with Gasteiger partial charge >= 0.3 is 0 Å². The van der Waals surface area contributed by atoms with Crippen LogP contribution in [-0.2, 0) is 0 Å². The van der Waals surface area contributed by atoms with Crippen LogP contribution in [0.1, 0.15) is 38.4 Å². The van der Waals surface area contributed by atoms with Crippen LogP contribution >= 0.6 is 0 Å². The van der Waals surface area contributed by atoms with E-state index in [9.17, 15) is 5.11 Å². The maximum Gasteiger partial charge on any atom is 0.161 e. The monoisotopic (exact) mass is 346 g/mol. The topological polar surface area (TPSA) is 45.2 Å². The largest absolute Gasteiger partial charge is 0.493 e. The van der Waals surface area contributed by atoms with Crippen LogP contribution in [0.15, 0.2) is 18.2 Å². The van der Waals surface area contributed by atoms with E-state index in [1.54, 1.807) is 14.2 Å². The molecule has 25 heavy (non-hydrogen) atoms. The predicted molar refractivity (Wildman–Crippen MR) is 96.9 cm³/mol. The molecule has 0 spiro atoms. The lowest BCUT2D eigenvalue weighted by molar-refractivity contribution is -0.266. The maximum atomic E-state index is 11.1. The Bertz CT molecular complexity index is 622. The molecule has 0 amide bonds. The first-order valence-electron chi connectivity index (χ1n) is 9.40. The van der Waals surface area contributed by atoms with Crippen molar-refractivity contribution >= 4 is 0 Å². The lowest BCUT2D eigenvalue weighted by atomic mass is 9.57. The molecule has 1 aromatic carbocycles. The molecular formula is C20H30N2O3. The molecule has 0 aromatic heterocycles. The van der Waals surface area contributed by atoms with Gasteiger partial charge in [0.25, 0.3) is 0 Å². The van der Waals surface area contributed by atoms with Crippen molar-refractivity contribution in [2.24, 2.45) is 10.8 Å². The van der Waals surface area contributed by atoms with Gasteiger partial charge in [0, 0.05) is 37.0 Å². The van der Waals surface area contributed by atoms with Gasteiger partial charge in [0.15, 0.2) is 11.5 Å². The molecule has 0 radical (unpaired) electrons. The van der Waals surface area contributed by atoms with Gasteiger partial charge in [0.05, 0.1) is 26.5 Å². The van der Waals surface area contributed by atoms with Crippen LogP contribution in [0.4, 0.5) is 0 Å². The molecule has 0 unspecified atom stereocenters. The summed E-state index contributed by atoms with van der Waals surface area (Å²) in [5.41, 5.74) is 1.28. The minimum Gasteiger partial charge on any atom is -0.493 e. The van der Waals surface area contributed by atoms with Gasteiger partial charge in [-0.2, -0.15) is 0 Å². The fourth-order valence-corrected chi connectivity index (χ4v) is 5.67. The van der Waals surface area contributed by atoms with Crippen molar-refractivity contribution in [1.29, 1.82) is 0 Å². The number of piperidine rings is 2. The van der Waals surface area contributed by atoms with E-state index in [4.69, 9.17) is 9.47 Å². The Morgan fingerprint density at radius 1 is 0.960 bits per heavy atom. The molecule has 1 N–H and O–H groups in total. The van der Waals surface area contributed by atoms with Crippen LogP contribution in [0, 0.1) is 10.8 Å². The number of aliphatic hydroxyl groups excluding tert-OH is 1. The third kappa shape index (κ3) is 2.25. The number of hydrogen-bond donors (Lipinski definition) is 1. The van der Waals surface area contributed by atoms with E-state index in [0.29, 0.717) is 0 Å². The first-order valence-corrected chi connectivity index (χ1v) is 9.40. The van der Waals surface area contributed by atoms with Crippen molar-refractivity contribution < 1.29 is 14.6 Å². The molecule has 4 fully saturated rings. The molecule has 1 aromatic rings. The first kappa shape index (κ1) is 17.1. The van der Waals surface area contributed by atoms with Crippen LogP contribution in [0.3, 0.4) is 0 Å².